The fourth-order valence-electron chi connectivity index (χ4n) is 1.62. The van der Waals surface area contributed by atoms with Crippen molar-refractivity contribution in [2.24, 2.45) is 7.05 Å². The Balaban J connectivity index is 2.69. The monoisotopic (exact) mass is 216 g/mol. The van der Waals surface area contributed by atoms with E-state index in [-0.39, 0.29) is 0 Å². The summed E-state index contributed by atoms with van der Waals surface area (Å²) in [5.74, 6) is 1.10. The molecule has 0 saturated carbocycles. The first-order chi connectivity index (χ1) is 7.54. The van der Waals surface area contributed by atoms with Crippen LogP contribution in [0.5, 0.6) is 0 Å². The van der Waals surface area contributed by atoms with Crippen LogP contribution >= 0.6 is 0 Å². The third-order valence-electron chi connectivity index (χ3n) is 2.46. The van der Waals surface area contributed by atoms with Gasteiger partial charge >= 0.3 is 0 Å². The third kappa shape index (κ3) is 1.34. The molecule has 6 heteroatoms. The molecule has 0 radical (unpaired) electrons. The predicted octanol–water partition coefficient (Wildman–Crippen LogP) is 0.677. The molecule has 0 aromatic carbocycles. The summed E-state index contributed by atoms with van der Waals surface area (Å²) < 4.78 is 3.21. The van der Waals surface area contributed by atoms with Crippen molar-refractivity contribution in [3.05, 3.63) is 23.0 Å². The Morgan fingerprint density at radius 2 is 2.06 bits per heavy atom. The van der Waals surface area contributed by atoms with Crippen molar-refractivity contribution in [2.45, 2.75) is 13.8 Å². The Labute approximate surface area is 92.9 Å². The molecule has 6 nitrogen and oxygen atoms in total. The van der Waals surface area contributed by atoms with Crippen molar-refractivity contribution >= 4 is 5.82 Å². The lowest BCUT2D eigenvalue weighted by Gasteiger charge is -2.01. The van der Waals surface area contributed by atoms with Crippen LogP contribution in [0, 0.1) is 25.2 Å². The SMILES string of the molecule is Cc1cn(-c2c(C#N)c(C)nn2C)nc1N. The minimum atomic E-state index is 0.461. The average molecular weight is 216 g/mol. The quantitative estimate of drug-likeness (QED) is 0.759. The van der Waals surface area contributed by atoms with Gasteiger partial charge in [-0.2, -0.15) is 10.4 Å². The number of aromatic nitrogens is 4. The second-order valence-electron chi connectivity index (χ2n) is 3.66. The first kappa shape index (κ1) is 10.2. The number of hydrogen-bond donors (Lipinski definition) is 1. The van der Waals surface area contributed by atoms with Gasteiger partial charge < -0.3 is 5.73 Å². The number of nitrogen functional groups attached to an aromatic ring is 1. The van der Waals surface area contributed by atoms with E-state index in [0.717, 1.165) is 5.56 Å². The molecule has 0 amide bonds. The summed E-state index contributed by atoms with van der Waals surface area (Å²) in [6, 6.07) is 2.13. The second-order valence-corrected chi connectivity index (χ2v) is 3.66. The highest BCUT2D eigenvalue weighted by Gasteiger charge is 2.16. The summed E-state index contributed by atoms with van der Waals surface area (Å²) in [4.78, 5) is 0. The third-order valence-corrected chi connectivity index (χ3v) is 2.46. The van der Waals surface area contributed by atoms with Crippen molar-refractivity contribution in [1.82, 2.24) is 19.6 Å². The number of aryl methyl sites for hydroxylation is 3. The smallest absolute Gasteiger partial charge is 0.170 e. The van der Waals surface area contributed by atoms with Crippen LogP contribution in [0.3, 0.4) is 0 Å². The minimum absolute atomic E-state index is 0.461. The topological polar surface area (TPSA) is 85.5 Å². The van der Waals surface area contributed by atoms with Gasteiger partial charge in [-0.25, -0.2) is 9.36 Å². The van der Waals surface area contributed by atoms with E-state index in [4.69, 9.17) is 11.0 Å². The van der Waals surface area contributed by atoms with Crippen molar-refractivity contribution in [3.8, 4) is 11.9 Å². The standard InChI is InChI=1S/C10H12N6/c1-6-5-16(14-9(6)12)10-8(4-11)7(2)13-15(10)3/h5H,1-3H3,(H2,12,14). The van der Waals surface area contributed by atoms with Gasteiger partial charge in [-0.3, -0.25) is 0 Å². The summed E-state index contributed by atoms with van der Waals surface area (Å²) in [6.45, 7) is 3.66. The predicted molar refractivity (Wildman–Crippen MR) is 58.9 cm³/mol. The lowest BCUT2D eigenvalue weighted by Crippen LogP contribution is -2.05. The molecule has 0 bridgehead atoms. The Hall–Kier alpha value is -2.29. The molecule has 0 aliphatic rings. The van der Waals surface area contributed by atoms with E-state index in [1.54, 1.807) is 29.5 Å². The Bertz CT molecular complexity index is 564. The largest absolute Gasteiger partial charge is 0.382 e. The molecule has 0 aliphatic carbocycles. The molecule has 2 rings (SSSR count). The number of hydrogen-bond acceptors (Lipinski definition) is 4. The van der Waals surface area contributed by atoms with Crippen LogP contribution in [0.4, 0.5) is 5.82 Å². The van der Waals surface area contributed by atoms with E-state index in [0.29, 0.717) is 22.9 Å². The van der Waals surface area contributed by atoms with Gasteiger partial charge in [0.05, 0.1) is 5.69 Å². The molecule has 0 atom stereocenters. The molecule has 2 heterocycles. The molecule has 0 unspecified atom stereocenters. The van der Waals surface area contributed by atoms with E-state index in [1.807, 2.05) is 6.92 Å². The maximum Gasteiger partial charge on any atom is 0.170 e. The van der Waals surface area contributed by atoms with E-state index in [2.05, 4.69) is 16.3 Å². The van der Waals surface area contributed by atoms with Gasteiger partial charge in [-0.1, -0.05) is 0 Å². The highest BCUT2D eigenvalue weighted by Crippen LogP contribution is 2.18. The number of nitriles is 1. The summed E-state index contributed by atoms with van der Waals surface area (Å²) in [5, 5.41) is 17.4. The first-order valence-corrected chi connectivity index (χ1v) is 4.80. The van der Waals surface area contributed by atoms with Crippen molar-refractivity contribution < 1.29 is 0 Å². The van der Waals surface area contributed by atoms with E-state index < -0.39 is 0 Å². The maximum atomic E-state index is 9.07. The molecule has 0 aliphatic heterocycles. The number of anilines is 1. The van der Waals surface area contributed by atoms with E-state index in [9.17, 15) is 0 Å². The van der Waals surface area contributed by atoms with Gasteiger partial charge in [0.25, 0.3) is 0 Å². The van der Waals surface area contributed by atoms with Crippen LogP contribution in [0.2, 0.25) is 0 Å². The number of rotatable bonds is 1. The van der Waals surface area contributed by atoms with E-state index in [1.165, 1.54) is 0 Å². The Kier molecular flexibility index (Phi) is 2.16. The van der Waals surface area contributed by atoms with Gasteiger partial charge in [0.15, 0.2) is 5.82 Å². The lowest BCUT2D eigenvalue weighted by molar-refractivity contribution is 0.694. The molecule has 0 spiro atoms. The van der Waals surface area contributed by atoms with Crippen LogP contribution in [0.1, 0.15) is 16.8 Å². The first-order valence-electron chi connectivity index (χ1n) is 4.80. The van der Waals surface area contributed by atoms with Crippen molar-refractivity contribution in [2.75, 3.05) is 5.73 Å². The second kappa shape index (κ2) is 3.38. The lowest BCUT2D eigenvalue weighted by atomic mass is 10.2. The minimum Gasteiger partial charge on any atom is -0.382 e. The molecular formula is C10H12N6. The van der Waals surface area contributed by atoms with E-state index >= 15 is 0 Å². The number of nitrogens with zero attached hydrogens (tertiary/aromatic N) is 5. The summed E-state index contributed by atoms with van der Waals surface area (Å²) in [5.41, 5.74) is 7.76. The maximum absolute atomic E-state index is 9.07. The van der Waals surface area contributed by atoms with Crippen LogP contribution in [0.15, 0.2) is 6.20 Å². The summed E-state index contributed by atoms with van der Waals surface area (Å²) >= 11 is 0. The fourth-order valence-corrected chi connectivity index (χ4v) is 1.62. The highest BCUT2D eigenvalue weighted by molar-refractivity contribution is 5.48. The Morgan fingerprint density at radius 3 is 2.56 bits per heavy atom. The summed E-state index contributed by atoms with van der Waals surface area (Å²) in [7, 11) is 1.77. The van der Waals surface area contributed by atoms with Crippen molar-refractivity contribution in [3.63, 3.8) is 0 Å². The zero-order chi connectivity index (χ0) is 11.9. The summed E-state index contributed by atoms with van der Waals surface area (Å²) in [6.07, 6.45) is 1.78. The highest BCUT2D eigenvalue weighted by atomic mass is 15.4. The fraction of sp³-hybridized carbons (Fsp3) is 0.300. The van der Waals surface area contributed by atoms with Crippen molar-refractivity contribution in [1.29, 1.82) is 5.26 Å². The zero-order valence-corrected chi connectivity index (χ0v) is 9.39. The average Bonchev–Trinajstić information content (AvgIpc) is 2.67. The van der Waals surface area contributed by atoms with Gasteiger partial charge in [0, 0.05) is 18.8 Å². The number of nitrogens with two attached hydrogens (primary N) is 1. The van der Waals surface area contributed by atoms with Crippen LogP contribution in [0.25, 0.3) is 5.82 Å². The van der Waals surface area contributed by atoms with Gasteiger partial charge in [-0.05, 0) is 13.8 Å². The van der Waals surface area contributed by atoms with Crippen LogP contribution in [-0.2, 0) is 7.05 Å². The molecule has 0 fully saturated rings. The van der Waals surface area contributed by atoms with Crippen LogP contribution < -0.4 is 5.73 Å². The van der Waals surface area contributed by atoms with Gasteiger partial charge in [0.2, 0.25) is 0 Å². The zero-order valence-electron chi connectivity index (χ0n) is 9.39. The molecule has 0 saturated heterocycles. The molecule has 82 valence electrons. The molecular weight excluding hydrogens is 204 g/mol. The van der Waals surface area contributed by atoms with Gasteiger partial charge in [0.1, 0.15) is 17.5 Å². The molecule has 16 heavy (non-hydrogen) atoms. The normalized spacial score (nSPS) is 10.4. The van der Waals surface area contributed by atoms with Crippen LogP contribution in [-0.4, -0.2) is 19.6 Å². The van der Waals surface area contributed by atoms with Gasteiger partial charge in [-0.15, -0.1) is 5.10 Å². The molecule has 2 aromatic rings. The molecule has 2 N–H and O–H groups in total. The molecule has 2 aromatic heterocycles. The Morgan fingerprint density at radius 1 is 1.38 bits per heavy atom.